The van der Waals surface area contributed by atoms with Crippen molar-refractivity contribution < 1.29 is 28.8 Å². The highest BCUT2D eigenvalue weighted by Gasteiger charge is 2.23. The second kappa shape index (κ2) is 12.0. The van der Waals surface area contributed by atoms with Gasteiger partial charge in [-0.25, -0.2) is 0 Å². The minimum Gasteiger partial charge on any atom is -0.493 e. The Balaban J connectivity index is 1.49. The molecule has 1 atom stereocenters. The zero-order valence-electron chi connectivity index (χ0n) is 19.0. The summed E-state index contributed by atoms with van der Waals surface area (Å²) in [6.07, 6.45) is 6.25. The van der Waals surface area contributed by atoms with Gasteiger partial charge in [0.2, 0.25) is 5.91 Å². The van der Waals surface area contributed by atoms with E-state index in [2.05, 4.69) is 16.6 Å². The van der Waals surface area contributed by atoms with E-state index in [1.807, 2.05) is 18.2 Å². The normalized spacial score (nSPS) is 13.3. The Hall–Kier alpha value is -3.41. The third-order valence-electron chi connectivity index (χ3n) is 5.26. The maximum atomic E-state index is 11.8. The van der Waals surface area contributed by atoms with Gasteiger partial charge in [0, 0.05) is 18.5 Å². The van der Waals surface area contributed by atoms with Crippen molar-refractivity contribution in [1.29, 1.82) is 0 Å². The third-order valence-corrected chi connectivity index (χ3v) is 5.26. The van der Waals surface area contributed by atoms with E-state index in [1.165, 1.54) is 0 Å². The first kappa shape index (κ1) is 24.2. The highest BCUT2D eigenvalue weighted by Crippen LogP contribution is 2.39. The molecule has 2 aromatic carbocycles. The summed E-state index contributed by atoms with van der Waals surface area (Å²) in [6, 6.07) is 9.30. The lowest BCUT2D eigenvalue weighted by atomic mass is 10.0. The summed E-state index contributed by atoms with van der Waals surface area (Å²) in [7, 11) is 3.22. The number of terminal acetylenes is 1. The Bertz CT molecular complexity index is 1000. The number of nitrogens with one attached hydrogen (secondary N) is 2. The fraction of sp³-hybridized carbons (Fsp3) is 0.400. The van der Waals surface area contributed by atoms with Gasteiger partial charge < -0.3 is 34.7 Å². The Morgan fingerprint density at radius 1 is 1.09 bits per heavy atom. The van der Waals surface area contributed by atoms with Crippen LogP contribution in [0.25, 0.3) is 0 Å². The minimum atomic E-state index is -0.693. The van der Waals surface area contributed by atoms with E-state index in [9.17, 15) is 9.90 Å². The van der Waals surface area contributed by atoms with Crippen LogP contribution in [0.3, 0.4) is 0 Å². The number of amides is 1. The smallest absolute Gasteiger partial charge is 0.224 e. The van der Waals surface area contributed by atoms with Gasteiger partial charge in [0.1, 0.15) is 30.8 Å². The van der Waals surface area contributed by atoms with Crippen LogP contribution >= 0.6 is 0 Å². The summed E-state index contributed by atoms with van der Waals surface area (Å²) >= 11 is 0. The molecular formula is C25H30N2O6. The van der Waals surface area contributed by atoms with Crippen LogP contribution in [0.4, 0.5) is 5.69 Å². The van der Waals surface area contributed by atoms with Crippen LogP contribution in [-0.4, -0.2) is 57.6 Å². The quantitative estimate of drug-likeness (QED) is 0.334. The molecule has 0 spiro atoms. The maximum absolute atomic E-state index is 11.8. The summed E-state index contributed by atoms with van der Waals surface area (Å²) in [5.74, 6) is 4.85. The Morgan fingerprint density at radius 2 is 1.85 bits per heavy atom. The number of anilines is 1. The monoisotopic (exact) mass is 454 g/mol. The van der Waals surface area contributed by atoms with Crippen molar-refractivity contribution in [2.75, 3.05) is 45.8 Å². The summed E-state index contributed by atoms with van der Waals surface area (Å²) in [5.41, 5.74) is 2.53. The zero-order chi connectivity index (χ0) is 23.6. The fourth-order valence-electron chi connectivity index (χ4n) is 3.59. The zero-order valence-corrected chi connectivity index (χ0v) is 19.0. The minimum absolute atomic E-state index is 0.0797. The molecule has 0 saturated carbocycles. The molecule has 3 N–H and O–H groups in total. The summed E-state index contributed by atoms with van der Waals surface area (Å²) in [4.78, 5) is 11.8. The average Bonchev–Trinajstić information content (AvgIpc) is 2.84. The lowest BCUT2D eigenvalue weighted by molar-refractivity contribution is -0.116. The van der Waals surface area contributed by atoms with E-state index >= 15 is 0 Å². The lowest BCUT2D eigenvalue weighted by Crippen LogP contribution is -2.32. The number of fused-ring (bicyclic) bond motifs is 1. The fourth-order valence-corrected chi connectivity index (χ4v) is 3.59. The van der Waals surface area contributed by atoms with Crippen LogP contribution in [0, 0.1) is 12.3 Å². The molecule has 8 heteroatoms. The molecular weight excluding hydrogens is 424 g/mol. The topological polar surface area (TPSA) is 98.3 Å². The molecule has 1 heterocycles. The summed E-state index contributed by atoms with van der Waals surface area (Å²) in [5, 5.41) is 16.4. The predicted octanol–water partition coefficient (Wildman–Crippen LogP) is 2.17. The number of methoxy groups -OCH3 is 2. The van der Waals surface area contributed by atoms with Crippen molar-refractivity contribution in [2.24, 2.45) is 0 Å². The van der Waals surface area contributed by atoms with Gasteiger partial charge in [-0.1, -0.05) is 12.0 Å². The first-order chi connectivity index (χ1) is 16.0. The molecule has 3 rings (SSSR count). The van der Waals surface area contributed by atoms with Gasteiger partial charge in [-0.15, -0.1) is 6.42 Å². The van der Waals surface area contributed by atoms with Crippen molar-refractivity contribution in [2.45, 2.75) is 25.4 Å². The van der Waals surface area contributed by atoms with E-state index in [4.69, 9.17) is 25.4 Å². The standard InChI is InChI=1S/C25H30N2O6/c1-4-13-32-22-9-8-20(19-6-10-24(29)27-25(19)22)33-16-18(28)15-26-12-11-17-5-7-21(30-2)23(14-17)31-3/h1,5,7-9,14,18,26,28H,6,10-13,15-16H2,2-3H3,(H,27,29). The first-order valence-corrected chi connectivity index (χ1v) is 10.8. The van der Waals surface area contributed by atoms with Gasteiger partial charge in [0.15, 0.2) is 11.5 Å². The summed E-state index contributed by atoms with van der Waals surface area (Å²) < 4.78 is 22.0. The van der Waals surface area contributed by atoms with E-state index in [0.29, 0.717) is 54.6 Å². The molecule has 2 aromatic rings. The van der Waals surface area contributed by atoms with E-state index in [1.54, 1.807) is 26.4 Å². The van der Waals surface area contributed by atoms with Gasteiger partial charge in [-0.05, 0) is 49.2 Å². The molecule has 0 aromatic heterocycles. The molecule has 176 valence electrons. The van der Waals surface area contributed by atoms with Crippen molar-refractivity contribution in [1.82, 2.24) is 5.32 Å². The van der Waals surface area contributed by atoms with Gasteiger partial charge in [-0.2, -0.15) is 0 Å². The van der Waals surface area contributed by atoms with Crippen LogP contribution in [0.15, 0.2) is 30.3 Å². The molecule has 0 saturated heterocycles. The van der Waals surface area contributed by atoms with Crippen LogP contribution in [0.1, 0.15) is 17.5 Å². The number of hydrogen-bond donors (Lipinski definition) is 3. The largest absolute Gasteiger partial charge is 0.493 e. The van der Waals surface area contributed by atoms with E-state index in [-0.39, 0.29) is 19.1 Å². The number of carbonyl (C=O) groups is 1. The van der Waals surface area contributed by atoms with Crippen molar-refractivity contribution in [3.05, 3.63) is 41.5 Å². The Morgan fingerprint density at radius 3 is 2.61 bits per heavy atom. The predicted molar refractivity (Wildman–Crippen MR) is 125 cm³/mol. The molecule has 1 aliphatic rings. The summed E-state index contributed by atoms with van der Waals surface area (Å²) in [6.45, 7) is 1.30. The van der Waals surface area contributed by atoms with Crippen molar-refractivity contribution in [3.8, 4) is 35.3 Å². The molecule has 33 heavy (non-hydrogen) atoms. The number of aliphatic hydroxyl groups is 1. The molecule has 8 nitrogen and oxygen atoms in total. The number of ether oxygens (including phenoxy) is 4. The second-order valence-electron chi connectivity index (χ2n) is 7.56. The number of benzene rings is 2. The third kappa shape index (κ3) is 6.54. The average molecular weight is 455 g/mol. The SMILES string of the molecule is C#CCOc1ccc(OCC(O)CNCCc2ccc(OC)c(OC)c2)c2c1NC(=O)CC2. The van der Waals surface area contributed by atoms with Crippen molar-refractivity contribution >= 4 is 11.6 Å². The number of carbonyl (C=O) groups excluding carboxylic acids is 1. The van der Waals surface area contributed by atoms with Crippen LogP contribution < -0.4 is 29.6 Å². The maximum Gasteiger partial charge on any atom is 0.224 e. The molecule has 1 amide bonds. The first-order valence-electron chi connectivity index (χ1n) is 10.8. The molecule has 0 fully saturated rings. The van der Waals surface area contributed by atoms with Gasteiger partial charge in [-0.3, -0.25) is 4.79 Å². The second-order valence-corrected chi connectivity index (χ2v) is 7.56. The van der Waals surface area contributed by atoms with E-state index < -0.39 is 6.10 Å². The lowest BCUT2D eigenvalue weighted by Gasteiger charge is -2.23. The van der Waals surface area contributed by atoms with E-state index in [0.717, 1.165) is 17.5 Å². The number of hydrogen-bond acceptors (Lipinski definition) is 7. The van der Waals surface area contributed by atoms with Crippen LogP contribution in [-0.2, 0) is 17.6 Å². The molecule has 1 aliphatic heterocycles. The van der Waals surface area contributed by atoms with Crippen LogP contribution in [0.5, 0.6) is 23.0 Å². The number of rotatable bonds is 12. The highest BCUT2D eigenvalue weighted by atomic mass is 16.5. The highest BCUT2D eigenvalue weighted by molar-refractivity contribution is 5.96. The van der Waals surface area contributed by atoms with Crippen LogP contribution in [0.2, 0.25) is 0 Å². The molecule has 1 unspecified atom stereocenters. The molecule has 0 aliphatic carbocycles. The number of aliphatic hydroxyl groups excluding tert-OH is 1. The van der Waals surface area contributed by atoms with Gasteiger partial charge in [0.05, 0.1) is 19.9 Å². The van der Waals surface area contributed by atoms with Gasteiger partial charge >= 0.3 is 0 Å². The molecule has 0 bridgehead atoms. The van der Waals surface area contributed by atoms with Crippen molar-refractivity contribution in [3.63, 3.8) is 0 Å². The molecule has 0 radical (unpaired) electrons. The Labute approximate surface area is 194 Å². The Kier molecular flexibility index (Phi) is 8.81. The van der Waals surface area contributed by atoms with Gasteiger partial charge in [0.25, 0.3) is 0 Å².